The number of fused-ring (bicyclic) bond motifs is 2. The van der Waals surface area contributed by atoms with E-state index in [4.69, 9.17) is 0 Å². The highest BCUT2D eigenvalue weighted by Gasteiger charge is 2.57. The molecule has 2 N–H and O–H groups in total. The maximum absolute atomic E-state index is 12.9. The van der Waals surface area contributed by atoms with E-state index >= 15 is 0 Å². The van der Waals surface area contributed by atoms with E-state index < -0.39 is 18.3 Å². The van der Waals surface area contributed by atoms with Crippen LogP contribution < -0.4 is 10.6 Å². The Kier molecular flexibility index (Phi) is 3.80. The molecular formula is C18H21F3N4O. The van der Waals surface area contributed by atoms with E-state index in [-0.39, 0.29) is 11.8 Å². The standard InChI is InChI=1S/C18H21F3N4O/c1-17(2,23-16(26)14-11-7-22-8-12(11)14)15-10-5-3-4-6-13(10)25(24-15)9-18(19,20)21/h3-6,11-12,14,22H,7-9H2,1-2H3,(H,23,26). The zero-order valence-corrected chi connectivity index (χ0v) is 14.6. The van der Waals surface area contributed by atoms with Crippen molar-refractivity contribution in [2.75, 3.05) is 13.1 Å². The van der Waals surface area contributed by atoms with E-state index in [0.717, 1.165) is 17.8 Å². The van der Waals surface area contributed by atoms with Crippen molar-refractivity contribution in [3.63, 3.8) is 0 Å². The molecule has 2 heterocycles. The summed E-state index contributed by atoms with van der Waals surface area (Å²) in [6, 6.07) is 6.81. The Hall–Kier alpha value is -2.09. The minimum Gasteiger partial charge on any atom is -0.345 e. The lowest BCUT2D eigenvalue weighted by Crippen LogP contribution is -2.43. The topological polar surface area (TPSA) is 59.0 Å². The van der Waals surface area contributed by atoms with Crippen LogP contribution in [0, 0.1) is 17.8 Å². The second-order valence-corrected chi connectivity index (χ2v) is 7.76. The predicted octanol–water partition coefficient (Wildman–Crippen LogP) is 2.42. The second kappa shape index (κ2) is 5.70. The van der Waals surface area contributed by atoms with Gasteiger partial charge >= 0.3 is 6.18 Å². The number of carbonyl (C=O) groups is 1. The molecule has 2 aromatic rings. The number of aromatic nitrogens is 2. The van der Waals surface area contributed by atoms with Crippen molar-refractivity contribution < 1.29 is 18.0 Å². The number of rotatable bonds is 4. The van der Waals surface area contributed by atoms with Crippen molar-refractivity contribution >= 4 is 16.8 Å². The van der Waals surface area contributed by atoms with Gasteiger partial charge in [-0.25, -0.2) is 0 Å². The van der Waals surface area contributed by atoms with E-state index in [1.165, 1.54) is 0 Å². The van der Waals surface area contributed by atoms with E-state index in [1.54, 1.807) is 38.1 Å². The fourth-order valence-electron chi connectivity index (χ4n) is 4.14. The Bertz CT molecular complexity index is 848. The molecule has 1 aromatic heterocycles. The van der Waals surface area contributed by atoms with Gasteiger partial charge in [-0.3, -0.25) is 9.48 Å². The van der Waals surface area contributed by atoms with Gasteiger partial charge in [-0.2, -0.15) is 18.3 Å². The molecule has 1 amide bonds. The summed E-state index contributed by atoms with van der Waals surface area (Å²) in [5.74, 6) is 0.718. The zero-order chi connectivity index (χ0) is 18.7. The largest absolute Gasteiger partial charge is 0.408 e. The molecule has 26 heavy (non-hydrogen) atoms. The predicted molar refractivity (Wildman–Crippen MR) is 90.3 cm³/mol. The van der Waals surface area contributed by atoms with Crippen molar-refractivity contribution in [2.45, 2.75) is 32.1 Å². The van der Waals surface area contributed by atoms with Gasteiger partial charge in [0, 0.05) is 11.3 Å². The quantitative estimate of drug-likeness (QED) is 0.874. The number of nitrogens with one attached hydrogen (secondary N) is 2. The zero-order valence-electron chi connectivity index (χ0n) is 14.6. The van der Waals surface area contributed by atoms with Crippen LogP contribution in [0.25, 0.3) is 10.9 Å². The van der Waals surface area contributed by atoms with Gasteiger partial charge in [-0.05, 0) is 44.8 Å². The Labute approximate surface area is 148 Å². The normalized spacial score (nSPS) is 25.3. The van der Waals surface area contributed by atoms with E-state index in [1.807, 2.05) is 0 Å². The molecule has 1 aromatic carbocycles. The number of benzene rings is 1. The maximum Gasteiger partial charge on any atom is 0.408 e. The summed E-state index contributed by atoms with van der Waals surface area (Å²) in [5.41, 5.74) is 0.00183. The minimum absolute atomic E-state index is 0.000880. The van der Waals surface area contributed by atoms with Gasteiger partial charge in [0.15, 0.2) is 0 Å². The van der Waals surface area contributed by atoms with Gasteiger partial charge in [0.2, 0.25) is 5.91 Å². The van der Waals surface area contributed by atoms with E-state index in [0.29, 0.717) is 28.4 Å². The van der Waals surface area contributed by atoms with Gasteiger partial charge in [0.1, 0.15) is 6.54 Å². The van der Waals surface area contributed by atoms with Crippen molar-refractivity contribution in [2.24, 2.45) is 17.8 Å². The SMILES string of the molecule is CC(C)(NC(=O)C1C2CNCC21)c1nn(CC(F)(F)F)c2ccccc12. The van der Waals surface area contributed by atoms with Crippen LogP contribution in [0.4, 0.5) is 13.2 Å². The molecule has 2 unspecified atom stereocenters. The van der Waals surface area contributed by atoms with Crippen molar-refractivity contribution in [1.82, 2.24) is 20.4 Å². The van der Waals surface area contributed by atoms with Crippen molar-refractivity contribution in [1.29, 1.82) is 0 Å². The van der Waals surface area contributed by atoms with Crippen LogP contribution in [-0.2, 0) is 16.9 Å². The van der Waals surface area contributed by atoms with Gasteiger partial charge in [-0.15, -0.1) is 0 Å². The van der Waals surface area contributed by atoms with Gasteiger partial charge < -0.3 is 10.6 Å². The number of amides is 1. The first-order valence-corrected chi connectivity index (χ1v) is 8.73. The summed E-state index contributed by atoms with van der Waals surface area (Å²) in [6.45, 7) is 4.12. The summed E-state index contributed by atoms with van der Waals surface area (Å²) in [4.78, 5) is 12.6. The highest BCUT2D eigenvalue weighted by molar-refractivity contribution is 5.86. The fraction of sp³-hybridized carbons (Fsp3) is 0.556. The van der Waals surface area contributed by atoms with Crippen molar-refractivity contribution in [3.05, 3.63) is 30.0 Å². The highest BCUT2D eigenvalue weighted by atomic mass is 19.4. The second-order valence-electron chi connectivity index (χ2n) is 7.76. The van der Waals surface area contributed by atoms with Crippen molar-refractivity contribution in [3.8, 4) is 0 Å². The van der Waals surface area contributed by atoms with Gasteiger partial charge in [0.25, 0.3) is 0 Å². The first-order valence-electron chi connectivity index (χ1n) is 8.73. The third-order valence-electron chi connectivity index (χ3n) is 5.41. The molecule has 0 spiro atoms. The fourth-order valence-corrected chi connectivity index (χ4v) is 4.14. The molecule has 1 aliphatic heterocycles. The number of piperidine rings is 1. The van der Waals surface area contributed by atoms with Crippen LogP contribution in [0.15, 0.2) is 24.3 Å². The Morgan fingerprint density at radius 2 is 1.92 bits per heavy atom. The minimum atomic E-state index is -4.36. The van der Waals surface area contributed by atoms with Crippen LogP contribution in [-0.4, -0.2) is 35.0 Å². The molecule has 4 rings (SSSR count). The summed E-state index contributed by atoms with van der Waals surface area (Å²) < 4.78 is 39.6. The number of carbonyl (C=O) groups excluding carboxylic acids is 1. The maximum atomic E-state index is 12.9. The summed E-state index contributed by atoms with van der Waals surface area (Å²) >= 11 is 0. The lowest BCUT2D eigenvalue weighted by atomic mass is 9.96. The average Bonchev–Trinajstić information content (AvgIpc) is 2.88. The first-order chi connectivity index (χ1) is 12.2. The lowest BCUT2D eigenvalue weighted by Gasteiger charge is -2.25. The molecule has 0 radical (unpaired) electrons. The number of hydrogen-bond acceptors (Lipinski definition) is 3. The van der Waals surface area contributed by atoms with Gasteiger partial charge in [-0.1, -0.05) is 18.2 Å². The molecule has 1 aliphatic carbocycles. The smallest absolute Gasteiger partial charge is 0.345 e. The lowest BCUT2D eigenvalue weighted by molar-refractivity contribution is -0.142. The van der Waals surface area contributed by atoms with E-state index in [2.05, 4.69) is 15.7 Å². The molecule has 140 valence electrons. The Morgan fingerprint density at radius 1 is 1.27 bits per heavy atom. The molecule has 2 atom stereocenters. The molecule has 2 aliphatic rings. The molecule has 1 saturated heterocycles. The number of nitrogens with zero attached hydrogens (tertiary/aromatic N) is 2. The van der Waals surface area contributed by atoms with Crippen LogP contribution in [0.2, 0.25) is 0 Å². The molecule has 8 heteroatoms. The number of para-hydroxylation sites is 1. The average molecular weight is 366 g/mol. The van der Waals surface area contributed by atoms with E-state index in [9.17, 15) is 18.0 Å². The van der Waals surface area contributed by atoms with Crippen LogP contribution in [0.3, 0.4) is 0 Å². The Balaban J connectivity index is 1.63. The summed E-state index contributed by atoms with van der Waals surface area (Å²) in [7, 11) is 0. The number of halogens is 3. The molecule has 0 bridgehead atoms. The van der Waals surface area contributed by atoms with Crippen LogP contribution >= 0.6 is 0 Å². The summed E-state index contributed by atoms with van der Waals surface area (Å²) in [5, 5.41) is 11.1. The molecule has 2 fully saturated rings. The third-order valence-corrected chi connectivity index (χ3v) is 5.41. The molecule has 5 nitrogen and oxygen atoms in total. The van der Waals surface area contributed by atoms with Crippen LogP contribution in [0.1, 0.15) is 19.5 Å². The monoisotopic (exact) mass is 366 g/mol. The summed E-state index contributed by atoms with van der Waals surface area (Å²) in [6.07, 6.45) is -4.36. The first kappa shape index (κ1) is 17.3. The number of hydrogen-bond donors (Lipinski definition) is 2. The molecular weight excluding hydrogens is 345 g/mol. The van der Waals surface area contributed by atoms with Crippen LogP contribution in [0.5, 0.6) is 0 Å². The Morgan fingerprint density at radius 3 is 2.58 bits per heavy atom. The molecule has 1 saturated carbocycles. The third kappa shape index (κ3) is 2.96. The highest BCUT2D eigenvalue weighted by Crippen LogP contribution is 2.49. The van der Waals surface area contributed by atoms with Gasteiger partial charge in [0.05, 0.1) is 16.7 Å². The number of alkyl halides is 3.